The van der Waals surface area contributed by atoms with E-state index in [0.29, 0.717) is 56.4 Å². The molecule has 1 aliphatic rings. The topological polar surface area (TPSA) is 107 Å². The van der Waals surface area contributed by atoms with Crippen molar-refractivity contribution in [1.29, 1.82) is 0 Å². The van der Waals surface area contributed by atoms with E-state index >= 15 is 0 Å². The van der Waals surface area contributed by atoms with E-state index in [0.717, 1.165) is 5.56 Å². The number of thiazole rings is 1. The number of benzene rings is 3. The number of hydrogen-bond donors (Lipinski definition) is 1. The summed E-state index contributed by atoms with van der Waals surface area (Å²) in [4.78, 5) is 34.2. The van der Waals surface area contributed by atoms with Crippen LogP contribution in [0.1, 0.15) is 67.3 Å². The lowest BCUT2D eigenvalue weighted by atomic mass is 9.92. The Kier molecular flexibility index (Phi) is 12.3. The lowest BCUT2D eigenvalue weighted by Gasteiger charge is -2.40. The molecular weight excluding hydrogens is 728 g/mol. The second-order valence-corrected chi connectivity index (χ2v) is 21.9. The predicted molar refractivity (Wildman–Crippen MR) is 215 cm³/mol. The number of fused-ring (bicyclic) bond motifs is 1. The first-order valence-electron chi connectivity index (χ1n) is 17.5. The molecule has 5 rings (SSSR count). The lowest BCUT2D eigenvalue weighted by Crippen LogP contribution is -2.48. The molecule has 2 heterocycles. The third kappa shape index (κ3) is 9.21. The molecule has 0 radical (unpaired) electrons. The number of carboxylic acid groups (broad SMARTS) is 1. The van der Waals surface area contributed by atoms with Gasteiger partial charge in [-0.05, 0) is 54.0 Å². The number of amides is 1. The van der Waals surface area contributed by atoms with Crippen LogP contribution in [0.3, 0.4) is 0 Å². The Morgan fingerprint density at radius 3 is 2.38 bits per heavy atom. The van der Waals surface area contributed by atoms with Gasteiger partial charge in [0.2, 0.25) is 0 Å². The van der Waals surface area contributed by atoms with E-state index < -0.39 is 31.9 Å². The molecule has 1 N–H and O–H groups in total. The van der Waals surface area contributed by atoms with Crippen LogP contribution in [0.2, 0.25) is 23.2 Å². The zero-order valence-electron chi connectivity index (χ0n) is 31.9. The van der Waals surface area contributed by atoms with E-state index in [1.54, 1.807) is 43.5 Å². The van der Waals surface area contributed by atoms with Gasteiger partial charge in [-0.2, -0.15) is 0 Å². The molecule has 12 heteroatoms. The minimum absolute atomic E-state index is 0.0240. The summed E-state index contributed by atoms with van der Waals surface area (Å²) in [5.41, 5.74) is 2.43. The van der Waals surface area contributed by atoms with Crippen LogP contribution in [-0.4, -0.2) is 63.8 Å². The second kappa shape index (κ2) is 16.2. The minimum atomic E-state index is -2.09. The number of carboxylic acids is 1. The van der Waals surface area contributed by atoms with E-state index in [-0.39, 0.29) is 22.9 Å². The molecule has 1 aliphatic heterocycles. The highest BCUT2D eigenvalue weighted by Crippen LogP contribution is 2.46. The number of carbonyl (C=O) groups excluding carboxylic acids is 1. The highest BCUT2D eigenvalue weighted by atomic mass is 35.5. The van der Waals surface area contributed by atoms with Crippen molar-refractivity contribution in [2.75, 3.05) is 32.3 Å². The molecule has 0 saturated heterocycles. The van der Waals surface area contributed by atoms with Crippen LogP contribution in [0.25, 0.3) is 11.6 Å². The number of aliphatic carboxylic acids is 1. The maximum Gasteiger partial charge on any atom is 0.337 e. The molecule has 282 valence electrons. The van der Waals surface area contributed by atoms with Crippen LogP contribution >= 0.6 is 22.9 Å². The highest BCUT2D eigenvalue weighted by molar-refractivity contribution is 7.13. The second-order valence-electron chi connectivity index (χ2n) is 15.5. The van der Waals surface area contributed by atoms with Crippen molar-refractivity contribution < 1.29 is 33.3 Å². The zero-order valence-corrected chi connectivity index (χ0v) is 34.4. The van der Waals surface area contributed by atoms with Gasteiger partial charge in [-0.1, -0.05) is 88.7 Å². The van der Waals surface area contributed by atoms with Gasteiger partial charge >= 0.3 is 5.97 Å². The van der Waals surface area contributed by atoms with Crippen LogP contribution in [0.5, 0.6) is 11.5 Å². The maximum absolute atomic E-state index is 14.9. The average Bonchev–Trinajstić information content (AvgIpc) is 3.54. The number of para-hydroxylation sites is 1. The third-order valence-electron chi connectivity index (χ3n) is 9.86. The van der Waals surface area contributed by atoms with Crippen LogP contribution < -0.4 is 14.4 Å². The Balaban J connectivity index is 1.59. The number of rotatable bonds is 13. The van der Waals surface area contributed by atoms with Crippen molar-refractivity contribution in [3.63, 3.8) is 0 Å². The van der Waals surface area contributed by atoms with E-state index in [2.05, 4.69) is 52.7 Å². The molecule has 1 amide bonds. The summed E-state index contributed by atoms with van der Waals surface area (Å²) in [5.74, 6) is -0.339. The predicted octanol–water partition coefficient (Wildman–Crippen LogP) is 9.55. The summed E-state index contributed by atoms with van der Waals surface area (Å²) in [7, 11) is 1.05. The van der Waals surface area contributed by atoms with E-state index in [4.69, 9.17) is 30.2 Å². The quantitative estimate of drug-likeness (QED) is 0.106. The molecule has 4 aromatic rings. The van der Waals surface area contributed by atoms with Crippen LogP contribution in [0.4, 0.5) is 5.69 Å². The Labute approximate surface area is 322 Å². The molecule has 0 fully saturated rings. The molecule has 0 aliphatic carbocycles. The fraction of sp³-hybridized carbons (Fsp3) is 0.390. The Hall–Kier alpha value is -4.00. The molecule has 1 aromatic heterocycles. The standard InChI is InChI=1S/C41H49ClN2O7SSi/c1-40(2,3)53(8,9)50-25-41(4,5)24-44-31-19-18-27(42)21-29(31)36(28-16-13-17-32(48-6)37(28)49-7)51-33(38(44)45)22-35-43-23-34(52-35)30(39(46)47)20-26-14-11-10-12-15-26/h10-21,23,33,36H,22,24-25H2,1-9H3,(H,46,47)/b30-20-/t33-,36-/m1/s1. The van der Waals surface area contributed by atoms with Gasteiger partial charge in [0.1, 0.15) is 12.2 Å². The molecule has 0 bridgehead atoms. The first-order chi connectivity index (χ1) is 24.9. The van der Waals surface area contributed by atoms with E-state index in [1.165, 1.54) is 11.3 Å². The molecule has 2 atom stereocenters. The fourth-order valence-electron chi connectivity index (χ4n) is 5.94. The largest absolute Gasteiger partial charge is 0.493 e. The Morgan fingerprint density at radius 1 is 1.02 bits per heavy atom. The number of aromatic nitrogens is 1. The van der Waals surface area contributed by atoms with Crippen molar-refractivity contribution in [3.05, 3.63) is 105 Å². The summed E-state index contributed by atoms with van der Waals surface area (Å²) in [6.07, 6.45) is 1.47. The van der Waals surface area contributed by atoms with Crippen molar-refractivity contribution in [1.82, 2.24) is 4.98 Å². The average molecular weight is 777 g/mol. The van der Waals surface area contributed by atoms with Gasteiger partial charge in [-0.15, -0.1) is 11.3 Å². The number of ether oxygens (including phenoxy) is 3. The third-order valence-corrected chi connectivity index (χ3v) is 15.6. The number of anilines is 1. The van der Waals surface area contributed by atoms with Gasteiger partial charge in [0, 0.05) is 53.0 Å². The summed E-state index contributed by atoms with van der Waals surface area (Å²) >= 11 is 7.89. The first kappa shape index (κ1) is 40.2. The monoisotopic (exact) mass is 776 g/mol. The summed E-state index contributed by atoms with van der Waals surface area (Å²) in [6, 6.07) is 20.3. The number of hydrogen-bond acceptors (Lipinski definition) is 8. The van der Waals surface area contributed by atoms with Crippen LogP contribution in [0.15, 0.2) is 72.9 Å². The van der Waals surface area contributed by atoms with Crippen molar-refractivity contribution >= 4 is 60.5 Å². The van der Waals surface area contributed by atoms with Crippen molar-refractivity contribution in [2.24, 2.45) is 5.41 Å². The Bertz CT molecular complexity index is 1970. The molecule has 0 spiro atoms. The summed E-state index contributed by atoms with van der Waals surface area (Å²) in [5, 5.41) is 11.2. The zero-order chi connectivity index (χ0) is 38.7. The SMILES string of the molecule is COc1cccc([C@H]2O[C@H](Cc3ncc(/C(=C/c4ccccc4)C(=O)O)s3)C(=O)N(CC(C)(C)CO[Si](C)(C)C(C)(C)C)c3ccc(Cl)cc32)c1OC. The first-order valence-corrected chi connectivity index (χ1v) is 21.6. The number of nitrogens with zero attached hydrogens (tertiary/aromatic N) is 2. The summed E-state index contributed by atoms with van der Waals surface area (Å²) < 4.78 is 25.1. The van der Waals surface area contributed by atoms with Gasteiger partial charge in [-0.25, -0.2) is 9.78 Å². The molecule has 9 nitrogen and oxygen atoms in total. The normalized spacial score (nSPS) is 17.0. The number of halogens is 1. The van der Waals surface area contributed by atoms with Gasteiger partial charge in [0.15, 0.2) is 19.8 Å². The Morgan fingerprint density at radius 2 is 1.74 bits per heavy atom. The molecular formula is C41H49ClN2O7SSi. The lowest BCUT2D eigenvalue weighted by molar-refractivity contribution is -0.132. The molecule has 0 saturated carbocycles. The number of methoxy groups -OCH3 is 2. The fourth-order valence-corrected chi connectivity index (χ4v) is 8.26. The van der Waals surface area contributed by atoms with Gasteiger partial charge < -0.3 is 28.6 Å². The number of carbonyl (C=O) groups is 2. The molecule has 53 heavy (non-hydrogen) atoms. The minimum Gasteiger partial charge on any atom is -0.493 e. The van der Waals surface area contributed by atoms with Crippen molar-refractivity contribution in [2.45, 2.75) is 71.4 Å². The van der Waals surface area contributed by atoms with Crippen LogP contribution in [0, 0.1) is 5.41 Å². The van der Waals surface area contributed by atoms with E-state index in [1.807, 2.05) is 54.6 Å². The molecule has 3 aromatic carbocycles. The van der Waals surface area contributed by atoms with Gasteiger partial charge in [0.05, 0.1) is 29.7 Å². The smallest absolute Gasteiger partial charge is 0.337 e. The van der Waals surface area contributed by atoms with Gasteiger partial charge in [0.25, 0.3) is 5.91 Å². The maximum atomic E-state index is 14.9. The molecule has 0 unspecified atom stereocenters. The van der Waals surface area contributed by atoms with Gasteiger partial charge in [-0.3, -0.25) is 4.79 Å². The summed E-state index contributed by atoms with van der Waals surface area (Å²) in [6.45, 7) is 16.1. The van der Waals surface area contributed by atoms with E-state index in [9.17, 15) is 14.7 Å². The van der Waals surface area contributed by atoms with Crippen LogP contribution in [-0.2, 0) is 25.2 Å². The van der Waals surface area contributed by atoms with Crippen molar-refractivity contribution in [3.8, 4) is 11.5 Å². The highest BCUT2D eigenvalue weighted by Gasteiger charge is 2.42.